The molecule has 2 heterocycles. The molecule has 7 heteroatoms. The van der Waals surface area contributed by atoms with Crippen molar-refractivity contribution in [2.75, 3.05) is 11.9 Å². The molecule has 1 spiro atoms. The monoisotopic (exact) mass is 336 g/mol. The number of alkyl halides is 3. The van der Waals surface area contributed by atoms with Crippen LogP contribution in [-0.4, -0.2) is 19.1 Å². The molecule has 0 saturated heterocycles. The average Bonchev–Trinajstić information content (AvgIpc) is 2.98. The fraction of sp³-hybridized carbons (Fsp3) is 0.235. The minimum Gasteiger partial charge on any atom is -0.313 e. The van der Waals surface area contributed by atoms with Gasteiger partial charge in [-0.2, -0.15) is 13.2 Å². The summed E-state index contributed by atoms with van der Waals surface area (Å²) >= 11 is 0. The lowest BCUT2D eigenvalue weighted by Gasteiger charge is -2.26. The molecule has 4 rings (SSSR count). The number of fused-ring (bicyclic) bond motifs is 4. The average molecular weight is 336 g/mol. The van der Waals surface area contributed by atoms with E-state index in [1.807, 2.05) is 0 Å². The molecule has 2 aromatic rings. The predicted octanol–water partition coefficient (Wildman–Crippen LogP) is 3.25. The molecule has 0 radical (unpaired) electrons. The molecule has 0 bridgehead atoms. The van der Waals surface area contributed by atoms with Crippen molar-refractivity contribution in [1.82, 2.24) is 5.32 Å². The van der Waals surface area contributed by atoms with Crippen LogP contribution in [0.3, 0.4) is 0 Å². The number of likely N-dealkylation sites (N-methyl/N-ethyl adjacent to an activating group) is 1. The van der Waals surface area contributed by atoms with Gasteiger partial charge in [-0.3, -0.25) is 10.1 Å². The zero-order valence-electron chi connectivity index (χ0n) is 12.5. The molecule has 1 amide bonds. The lowest BCUT2D eigenvalue weighted by molar-refractivity contribution is -0.159. The van der Waals surface area contributed by atoms with Crippen molar-refractivity contribution in [3.05, 3.63) is 65.0 Å². The molecule has 0 fully saturated rings. The maximum absolute atomic E-state index is 13.6. The van der Waals surface area contributed by atoms with Crippen LogP contribution in [0, 0.1) is 5.82 Å². The van der Waals surface area contributed by atoms with E-state index in [1.165, 1.54) is 18.0 Å². The number of hydrogen-bond acceptors (Lipinski definition) is 2. The number of amides is 1. The predicted molar refractivity (Wildman–Crippen MR) is 79.0 cm³/mol. The van der Waals surface area contributed by atoms with Crippen molar-refractivity contribution >= 4 is 11.6 Å². The lowest BCUT2D eigenvalue weighted by atomic mass is 9.84. The van der Waals surface area contributed by atoms with E-state index in [2.05, 4.69) is 5.32 Å². The van der Waals surface area contributed by atoms with Crippen LogP contribution < -0.4 is 10.2 Å². The van der Waals surface area contributed by atoms with Crippen molar-refractivity contribution in [2.45, 2.75) is 17.8 Å². The maximum Gasteiger partial charge on any atom is 0.407 e. The Balaban J connectivity index is 2.03. The van der Waals surface area contributed by atoms with Crippen LogP contribution in [0.25, 0.3) is 0 Å². The van der Waals surface area contributed by atoms with Crippen molar-refractivity contribution < 1.29 is 22.4 Å². The summed E-state index contributed by atoms with van der Waals surface area (Å²) in [4.78, 5) is 14.2. The first-order chi connectivity index (χ1) is 11.3. The summed E-state index contributed by atoms with van der Waals surface area (Å²) < 4.78 is 54.1. The van der Waals surface area contributed by atoms with E-state index >= 15 is 0 Å². The van der Waals surface area contributed by atoms with Crippen LogP contribution in [0.4, 0.5) is 23.2 Å². The molecule has 2 aliphatic rings. The molecule has 1 N–H and O–H groups in total. The highest BCUT2D eigenvalue weighted by molar-refractivity contribution is 6.10. The van der Waals surface area contributed by atoms with Gasteiger partial charge in [0.15, 0.2) is 5.54 Å². The van der Waals surface area contributed by atoms with Crippen LogP contribution >= 0.6 is 0 Å². The SMILES string of the molecule is CN1C(=O)C2(NC(C(F)(F)F)c3cc(F)ccc32)c2ccccc21. The van der Waals surface area contributed by atoms with Crippen LogP contribution in [0.1, 0.15) is 22.7 Å². The number of nitrogens with one attached hydrogen (secondary N) is 1. The largest absolute Gasteiger partial charge is 0.407 e. The summed E-state index contributed by atoms with van der Waals surface area (Å²) in [6.07, 6.45) is -4.65. The van der Waals surface area contributed by atoms with Gasteiger partial charge in [0.2, 0.25) is 0 Å². The second-order valence-electron chi connectivity index (χ2n) is 5.98. The second-order valence-corrected chi connectivity index (χ2v) is 5.98. The summed E-state index contributed by atoms with van der Waals surface area (Å²) in [5, 5.41) is 2.45. The number of anilines is 1. The molecule has 0 saturated carbocycles. The number of halogens is 4. The molecular weight excluding hydrogens is 324 g/mol. The molecule has 0 aromatic heterocycles. The summed E-state index contributed by atoms with van der Waals surface area (Å²) in [5.74, 6) is -1.28. The van der Waals surface area contributed by atoms with Gasteiger partial charge in [-0.05, 0) is 29.3 Å². The highest BCUT2D eigenvalue weighted by Gasteiger charge is 2.61. The summed E-state index contributed by atoms with van der Waals surface area (Å²) in [7, 11) is 1.52. The van der Waals surface area contributed by atoms with Gasteiger partial charge in [-0.15, -0.1) is 0 Å². The Morgan fingerprint density at radius 1 is 1.12 bits per heavy atom. The number of carbonyl (C=O) groups excluding carboxylic acids is 1. The summed E-state index contributed by atoms with van der Waals surface area (Å²) in [6, 6.07) is 7.76. The normalized spacial score (nSPS) is 25.3. The Morgan fingerprint density at radius 3 is 2.54 bits per heavy atom. The first kappa shape index (κ1) is 15.1. The molecule has 3 nitrogen and oxygen atoms in total. The van der Waals surface area contributed by atoms with Crippen LogP contribution in [0.15, 0.2) is 42.5 Å². The van der Waals surface area contributed by atoms with Gasteiger partial charge >= 0.3 is 6.18 Å². The van der Waals surface area contributed by atoms with Crippen molar-refractivity contribution in [3.63, 3.8) is 0 Å². The molecular formula is C17H12F4N2O. The third kappa shape index (κ3) is 1.73. The van der Waals surface area contributed by atoms with E-state index in [0.29, 0.717) is 11.3 Å². The number of hydrogen-bond donors (Lipinski definition) is 1. The lowest BCUT2D eigenvalue weighted by Crippen LogP contribution is -2.49. The zero-order chi connectivity index (χ0) is 17.3. The van der Waals surface area contributed by atoms with E-state index in [9.17, 15) is 22.4 Å². The van der Waals surface area contributed by atoms with E-state index < -0.39 is 29.5 Å². The minimum absolute atomic E-state index is 0.146. The fourth-order valence-corrected chi connectivity index (χ4v) is 3.70. The molecule has 2 aromatic carbocycles. The first-order valence-corrected chi connectivity index (χ1v) is 7.29. The van der Waals surface area contributed by atoms with Crippen LogP contribution in [0.5, 0.6) is 0 Å². The Morgan fingerprint density at radius 2 is 1.83 bits per heavy atom. The standard InChI is InChI=1S/C17H12F4N2O/c1-23-13-5-3-2-4-12(13)16(15(23)24)11-7-6-9(18)8-10(11)14(22-16)17(19,20)21/h2-8,14,22H,1H3. The number of para-hydroxylation sites is 1. The summed E-state index contributed by atoms with van der Waals surface area (Å²) in [5.41, 5.74) is -0.770. The van der Waals surface area contributed by atoms with Crippen LogP contribution in [0.2, 0.25) is 0 Å². The van der Waals surface area contributed by atoms with E-state index in [0.717, 1.165) is 12.1 Å². The Bertz CT molecular complexity index is 864. The van der Waals surface area contributed by atoms with Gasteiger partial charge in [0.1, 0.15) is 11.9 Å². The smallest absolute Gasteiger partial charge is 0.313 e. The van der Waals surface area contributed by atoms with E-state index in [-0.39, 0.29) is 11.1 Å². The fourth-order valence-electron chi connectivity index (χ4n) is 3.70. The number of nitrogens with zero attached hydrogens (tertiary/aromatic N) is 1. The van der Waals surface area contributed by atoms with Gasteiger partial charge < -0.3 is 4.90 Å². The molecule has 124 valence electrons. The minimum atomic E-state index is -4.65. The van der Waals surface area contributed by atoms with Gasteiger partial charge in [0, 0.05) is 18.3 Å². The van der Waals surface area contributed by atoms with Crippen molar-refractivity contribution in [3.8, 4) is 0 Å². The third-order valence-corrected chi connectivity index (χ3v) is 4.71. The third-order valence-electron chi connectivity index (χ3n) is 4.71. The van der Waals surface area contributed by atoms with Gasteiger partial charge in [0.25, 0.3) is 5.91 Å². The highest BCUT2D eigenvalue weighted by atomic mass is 19.4. The molecule has 2 aliphatic heterocycles. The maximum atomic E-state index is 13.6. The van der Waals surface area contributed by atoms with E-state index in [4.69, 9.17) is 0 Å². The number of benzene rings is 2. The highest BCUT2D eigenvalue weighted by Crippen LogP contribution is 2.53. The van der Waals surface area contributed by atoms with Crippen molar-refractivity contribution in [2.24, 2.45) is 0 Å². The Labute approximate surface area is 134 Å². The first-order valence-electron chi connectivity index (χ1n) is 7.29. The number of carbonyl (C=O) groups is 1. The Hall–Kier alpha value is -2.41. The molecule has 0 aliphatic carbocycles. The Kier molecular flexibility index (Phi) is 2.88. The number of rotatable bonds is 0. The second kappa shape index (κ2) is 4.57. The molecule has 24 heavy (non-hydrogen) atoms. The topological polar surface area (TPSA) is 32.3 Å². The van der Waals surface area contributed by atoms with Crippen LogP contribution in [-0.2, 0) is 10.3 Å². The van der Waals surface area contributed by atoms with Gasteiger partial charge in [-0.25, -0.2) is 4.39 Å². The zero-order valence-corrected chi connectivity index (χ0v) is 12.5. The quantitative estimate of drug-likeness (QED) is 0.749. The molecule has 2 atom stereocenters. The van der Waals surface area contributed by atoms with Gasteiger partial charge in [0.05, 0.1) is 0 Å². The molecule has 2 unspecified atom stereocenters. The van der Waals surface area contributed by atoms with Gasteiger partial charge in [-0.1, -0.05) is 24.3 Å². The van der Waals surface area contributed by atoms with E-state index in [1.54, 1.807) is 24.3 Å². The summed E-state index contributed by atoms with van der Waals surface area (Å²) in [6.45, 7) is 0. The van der Waals surface area contributed by atoms with Crippen molar-refractivity contribution in [1.29, 1.82) is 0 Å².